The smallest absolute Gasteiger partial charge is 0.343 e. The molecule has 0 bridgehead atoms. The van der Waals surface area contributed by atoms with Crippen LogP contribution in [0.15, 0.2) is 29.2 Å². The molecule has 0 amide bonds. The predicted molar refractivity (Wildman–Crippen MR) is 67.1 cm³/mol. The number of methoxy groups -OCH3 is 1. The Morgan fingerprint density at radius 1 is 1.39 bits per heavy atom. The Morgan fingerprint density at radius 2 is 2.17 bits per heavy atom. The zero-order valence-corrected chi connectivity index (χ0v) is 10.1. The number of rotatable bonds is 3. The SMILES string of the molecule is CCOC(=O)c1c[nH]c2cccc(OC)c2c1=O. The molecule has 0 fully saturated rings. The summed E-state index contributed by atoms with van der Waals surface area (Å²) in [5.41, 5.74) is 0.209. The van der Waals surface area contributed by atoms with Crippen LogP contribution < -0.4 is 10.2 Å². The normalized spacial score (nSPS) is 10.3. The van der Waals surface area contributed by atoms with Gasteiger partial charge in [-0.2, -0.15) is 0 Å². The maximum atomic E-state index is 12.2. The van der Waals surface area contributed by atoms with Crippen LogP contribution in [0.1, 0.15) is 17.3 Å². The zero-order chi connectivity index (χ0) is 13.1. The van der Waals surface area contributed by atoms with Gasteiger partial charge in [-0.3, -0.25) is 4.79 Å². The molecule has 0 aliphatic rings. The molecular formula is C13H13NO4. The van der Waals surface area contributed by atoms with Crippen LogP contribution in [-0.2, 0) is 4.74 Å². The van der Waals surface area contributed by atoms with Crippen molar-refractivity contribution in [2.45, 2.75) is 6.92 Å². The number of aromatic nitrogens is 1. The number of fused-ring (bicyclic) bond motifs is 1. The molecule has 0 aliphatic heterocycles. The number of pyridine rings is 1. The summed E-state index contributed by atoms with van der Waals surface area (Å²) in [7, 11) is 1.48. The lowest BCUT2D eigenvalue weighted by Crippen LogP contribution is -2.18. The Kier molecular flexibility index (Phi) is 3.32. The van der Waals surface area contributed by atoms with E-state index in [2.05, 4.69) is 4.98 Å². The van der Waals surface area contributed by atoms with Gasteiger partial charge < -0.3 is 14.5 Å². The molecule has 5 nitrogen and oxygen atoms in total. The number of carbonyl (C=O) groups is 1. The Bertz CT molecular complexity index is 645. The van der Waals surface area contributed by atoms with E-state index in [9.17, 15) is 9.59 Å². The highest BCUT2D eigenvalue weighted by Crippen LogP contribution is 2.20. The van der Waals surface area contributed by atoms with Crippen LogP contribution in [0.25, 0.3) is 10.9 Å². The van der Waals surface area contributed by atoms with E-state index in [1.807, 2.05) is 0 Å². The minimum absolute atomic E-state index is 0.0196. The molecule has 0 saturated carbocycles. The van der Waals surface area contributed by atoms with Crippen LogP contribution in [0.5, 0.6) is 5.75 Å². The summed E-state index contributed by atoms with van der Waals surface area (Å²) in [6.45, 7) is 1.91. The summed E-state index contributed by atoms with van der Waals surface area (Å²) in [4.78, 5) is 26.7. The quantitative estimate of drug-likeness (QED) is 0.838. The molecular weight excluding hydrogens is 234 g/mol. The van der Waals surface area contributed by atoms with Crippen molar-refractivity contribution in [2.24, 2.45) is 0 Å². The largest absolute Gasteiger partial charge is 0.496 e. The van der Waals surface area contributed by atoms with E-state index < -0.39 is 5.97 Å². The van der Waals surface area contributed by atoms with E-state index in [1.165, 1.54) is 13.3 Å². The molecule has 0 radical (unpaired) electrons. The molecule has 18 heavy (non-hydrogen) atoms. The summed E-state index contributed by atoms with van der Waals surface area (Å²) in [6.07, 6.45) is 1.36. The third-order valence-corrected chi connectivity index (χ3v) is 2.59. The summed E-state index contributed by atoms with van der Waals surface area (Å²) in [5.74, 6) is -0.202. The maximum Gasteiger partial charge on any atom is 0.343 e. The molecule has 2 aromatic rings. The molecule has 2 rings (SSSR count). The Morgan fingerprint density at radius 3 is 2.83 bits per heavy atom. The fraction of sp³-hybridized carbons (Fsp3) is 0.231. The van der Waals surface area contributed by atoms with Crippen molar-refractivity contribution in [3.8, 4) is 5.75 Å². The average molecular weight is 247 g/mol. The molecule has 0 atom stereocenters. The second-order valence-electron chi connectivity index (χ2n) is 3.63. The zero-order valence-electron chi connectivity index (χ0n) is 10.1. The fourth-order valence-electron chi connectivity index (χ4n) is 1.77. The third kappa shape index (κ3) is 1.95. The molecule has 0 spiro atoms. The third-order valence-electron chi connectivity index (χ3n) is 2.59. The summed E-state index contributed by atoms with van der Waals surface area (Å²) in [6, 6.07) is 5.18. The van der Waals surface area contributed by atoms with Crippen molar-refractivity contribution in [3.05, 3.63) is 40.2 Å². The highest BCUT2D eigenvalue weighted by atomic mass is 16.5. The fourth-order valence-corrected chi connectivity index (χ4v) is 1.77. The maximum absolute atomic E-state index is 12.2. The first kappa shape index (κ1) is 12.2. The number of esters is 1. The lowest BCUT2D eigenvalue weighted by Gasteiger charge is -2.06. The Hall–Kier alpha value is -2.30. The van der Waals surface area contributed by atoms with Gasteiger partial charge in [-0.15, -0.1) is 0 Å². The first-order chi connectivity index (χ1) is 8.69. The van der Waals surface area contributed by atoms with Crippen LogP contribution in [0.2, 0.25) is 0 Å². The van der Waals surface area contributed by atoms with E-state index in [-0.39, 0.29) is 17.6 Å². The second-order valence-corrected chi connectivity index (χ2v) is 3.63. The first-order valence-electron chi connectivity index (χ1n) is 5.54. The summed E-state index contributed by atoms with van der Waals surface area (Å²) >= 11 is 0. The van der Waals surface area contributed by atoms with E-state index in [0.29, 0.717) is 16.7 Å². The van der Waals surface area contributed by atoms with Gasteiger partial charge in [-0.25, -0.2) is 4.79 Å². The Labute approximate surface area is 103 Å². The van der Waals surface area contributed by atoms with Crippen molar-refractivity contribution in [1.82, 2.24) is 4.98 Å². The first-order valence-corrected chi connectivity index (χ1v) is 5.54. The second kappa shape index (κ2) is 4.91. The minimum atomic E-state index is -0.633. The highest BCUT2D eigenvalue weighted by Gasteiger charge is 2.16. The van der Waals surface area contributed by atoms with E-state index in [0.717, 1.165) is 0 Å². The highest BCUT2D eigenvalue weighted by molar-refractivity contribution is 5.95. The number of carbonyl (C=O) groups excluding carboxylic acids is 1. The standard InChI is InChI=1S/C13H13NO4/c1-3-18-13(16)8-7-14-9-5-4-6-10(17-2)11(9)12(8)15/h4-7H,3H2,1-2H3,(H,14,15). The lowest BCUT2D eigenvalue weighted by atomic mass is 10.1. The molecule has 1 aromatic carbocycles. The number of hydrogen-bond donors (Lipinski definition) is 1. The molecule has 0 saturated heterocycles. The molecule has 0 unspecified atom stereocenters. The van der Waals surface area contributed by atoms with E-state index in [4.69, 9.17) is 9.47 Å². The summed E-state index contributed by atoms with van der Waals surface area (Å²) < 4.78 is 9.96. The minimum Gasteiger partial charge on any atom is -0.496 e. The van der Waals surface area contributed by atoms with Gasteiger partial charge in [0.05, 0.1) is 24.6 Å². The van der Waals surface area contributed by atoms with Gasteiger partial charge in [0.2, 0.25) is 5.43 Å². The number of aromatic amines is 1. The van der Waals surface area contributed by atoms with Gasteiger partial charge >= 0.3 is 5.97 Å². The van der Waals surface area contributed by atoms with Crippen molar-refractivity contribution < 1.29 is 14.3 Å². The molecule has 5 heteroatoms. The Balaban J connectivity index is 2.70. The molecule has 1 heterocycles. The molecule has 0 aliphatic carbocycles. The number of hydrogen-bond acceptors (Lipinski definition) is 4. The monoisotopic (exact) mass is 247 g/mol. The van der Waals surface area contributed by atoms with Crippen LogP contribution in [0.4, 0.5) is 0 Å². The number of nitrogens with one attached hydrogen (secondary N) is 1. The predicted octanol–water partition coefficient (Wildman–Crippen LogP) is 1.71. The number of ether oxygens (including phenoxy) is 2. The van der Waals surface area contributed by atoms with Crippen LogP contribution in [-0.4, -0.2) is 24.7 Å². The van der Waals surface area contributed by atoms with E-state index in [1.54, 1.807) is 25.1 Å². The van der Waals surface area contributed by atoms with Crippen molar-refractivity contribution in [2.75, 3.05) is 13.7 Å². The van der Waals surface area contributed by atoms with Gasteiger partial charge in [0.1, 0.15) is 11.3 Å². The summed E-state index contributed by atoms with van der Waals surface area (Å²) in [5, 5.41) is 0.352. The van der Waals surface area contributed by atoms with Crippen molar-refractivity contribution >= 4 is 16.9 Å². The number of H-pyrrole nitrogens is 1. The molecule has 1 N–H and O–H groups in total. The van der Waals surface area contributed by atoms with Gasteiger partial charge in [0.25, 0.3) is 0 Å². The van der Waals surface area contributed by atoms with Crippen molar-refractivity contribution in [3.63, 3.8) is 0 Å². The number of benzene rings is 1. The van der Waals surface area contributed by atoms with Crippen LogP contribution >= 0.6 is 0 Å². The van der Waals surface area contributed by atoms with Crippen LogP contribution in [0, 0.1) is 0 Å². The average Bonchev–Trinajstić information content (AvgIpc) is 2.38. The van der Waals surface area contributed by atoms with Gasteiger partial charge in [-0.1, -0.05) is 6.07 Å². The van der Waals surface area contributed by atoms with Gasteiger partial charge in [0, 0.05) is 6.20 Å². The molecule has 1 aromatic heterocycles. The lowest BCUT2D eigenvalue weighted by molar-refractivity contribution is 0.0524. The van der Waals surface area contributed by atoms with Crippen LogP contribution in [0.3, 0.4) is 0 Å². The van der Waals surface area contributed by atoms with Gasteiger partial charge in [0.15, 0.2) is 0 Å². The van der Waals surface area contributed by atoms with Crippen molar-refractivity contribution in [1.29, 1.82) is 0 Å². The topological polar surface area (TPSA) is 68.4 Å². The van der Waals surface area contributed by atoms with Gasteiger partial charge in [-0.05, 0) is 19.1 Å². The molecule has 94 valence electrons. The van der Waals surface area contributed by atoms with E-state index >= 15 is 0 Å².